The van der Waals surface area contributed by atoms with Crippen molar-refractivity contribution in [1.29, 1.82) is 0 Å². The van der Waals surface area contributed by atoms with Gasteiger partial charge < -0.3 is 50.4 Å². The Balaban J connectivity index is 0.000000158. The zero-order chi connectivity index (χ0) is 31.8. The molecule has 0 unspecified atom stereocenters. The second-order valence-electron chi connectivity index (χ2n) is 11.9. The Morgan fingerprint density at radius 3 is 2.28 bits per heavy atom. The lowest BCUT2D eigenvalue weighted by Gasteiger charge is -2.27. The number of ether oxygens (including phenoxy) is 2. The topological polar surface area (TPSA) is 257 Å². The Morgan fingerprint density at radius 1 is 1.00 bits per heavy atom. The van der Waals surface area contributed by atoms with Gasteiger partial charge in [0.15, 0.2) is 11.6 Å². The quantitative estimate of drug-likeness (QED) is 0.121. The van der Waals surface area contributed by atoms with E-state index in [1.165, 1.54) is 26.5 Å². The number of aliphatic imine (C=N–C) groups is 1. The molecule has 2 saturated heterocycles. The average molecular weight is 644 g/mol. The van der Waals surface area contributed by atoms with Crippen LogP contribution in [-0.4, -0.2) is 122 Å². The molecule has 4 aliphatic rings. The van der Waals surface area contributed by atoms with Gasteiger partial charge >= 0.3 is 5.69 Å². The summed E-state index contributed by atoms with van der Waals surface area (Å²) in [6, 6.07) is 3.55. The number of nitrogens with zero attached hydrogens (tertiary/aromatic N) is 6. The molecular formula is C28H37N9O9. The zero-order valence-corrected chi connectivity index (χ0v) is 24.2. The van der Waals surface area contributed by atoms with Gasteiger partial charge in [-0.25, -0.2) is 19.3 Å². The second-order valence-corrected chi connectivity index (χ2v) is 11.9. The smallest absolute Gasteiger partial charge is 0.347 e. The summed E-state index contributed by atoms with van der Waals surface area (Å²) >= 11 is 0. The number of aromatic nitrogens is 6. The van der Waals surface area contributed by atoms with Gasteiger partial charge in [0.1, 0.15) is 71.5 Å². The van der Waals surface area contributed by atoms with Crippen LogP contribution in [0, 0.1) is 0 Å². The van der Waals surface area contributed by atoms with Gasteiger partial charge in [-0.3, -0.25) is 10.1 Å². The van der Waals surface area contributed by atoms with E-state index in [9.17, 15) is 35.4 Å². The lowest BCUT2D eigenvalue weighted by Crippen LogP contribution is -2.43. The number of hydrogen-bond acceptors (Lipinski definition) is 15. The van der Waals surface area contributed by atoms with Gasteiger partial charge in [0.2, 0.25) is 0 Å². The highest BCUT2D eigenvalue weighted by atomic mass is 16.6. The summed E-state index contributed by atoms with van der Waals surface area (Å²) in [5.74, 6) is 0.991. The van der Waals surface area contributed by atoms with Crippen LogP contribution in [0.15, 0.2) is 28.2 Å². The molecule has 0 spiro atoms. The van der Waals surface area contributed by atoms with Crippen LogP contribution in [0.4, 0.5) is 11.6 Å². The highest BCUT2D eigenvalue weighted by Crippen LogP contribution is 2.44. The number of anilines is 1. The first-order valence-electron chi connectivity index (χ1n) is 14.3. The maximum atomic E-state index is 11.6. The predicted octanol–water partition coefficient (Wildman–Crippen LogP) is -1.64. The molecule has 0 amide bonds. The van der Waals surface area contributed by atoms with Crippen LogP contribution in [0.3, 0.4) is 0 Å². The summed E-state index contributed by atoms with van der Waals surface area (Å²) in [4.78, 5) is 26.2. The van der Waals surface area contributed by atoms with Crippen LogP contribution in [0.25, 0.3) is 16.6 Å². The minimum Gasteiger partial charge on any atom is -0.394 e. The SMILES string of the molecule is C.C[C@@]1(O)[C@H](O)[C@@H](CO)O[C@H]1c1cc2[nH]c(=O)nc3c2n1NC=N3.C[C@@]1(O)[C@H](O)[C@@H](CO)O[C@H]1c1cc2c3c(ncnn13)NCC2. The van der Waals surface area contributed by atoms with Crippen LogP contribution < -0.4 is 16.4 Å². The Morgan fingerprint density at radius 2 is 1.65 bits per heavy atom. The monoisotopic (exact) mass is 643 g/mol. The van der Waals surface area contributed by atoms with E-state index < -0.39 is 60.1 Å². The van der Waals surface area contributed by atoms with Gasteiger partial charge in [-0.2, -0.15) is 10.1 Å². The maximum absolute atomic E-state index is 11.6. The van der Waals surface area contributed by atoms with E-state index >= 15 is 0 Å². The first-order valence-corrected chi connectivity index (χ1v) is 14.3. The van der Waals surface area contributed by atoms with E-state index in [-0.39, 0.29) is 19.9 Å². The maximum Gasteiger partial charge on any atom is 0.347 e. The minimum atomic E-state index is -1.62. The second kappa shape index (κ2) is 11.4. The van der Waals surface area contributed by atoms with Crippen LogP contribution in [0.2, 0.25) is 0 Å². The highest BCUT2D eigenvalue weighted by Gasteiger charge is 2.54. The van der Waals surface area contributed by atoms with Crippen molar-refractivity contribution in [3.8, 4) is 0 Å². The number of aromatic amines is 1. The van der Waals surface area contributed by atoms with Gasteiger partial charge in [-0.1, -0.05) is 7.43 Å². The molecule has 46 heavy (non-hydrogen) atoms. The lowest BCUT2D eigenvalue weighted by molar-refractivity contribution is -0.0665. The van der Waals surface area contributed by atoms with E-state index in [0.717, 1.165) is 29.9 Å². The molecule has 0 aromatic carbocycles. The average Bonchev–Trinajstić information content (AvgIpc) is 3.70. The number of rotatable bonds is 4. The van der Waals surface area contributed by atoms with Gasteiger partial charge in [0, 0.05) is 6.54 Å². The Labute approximate surface area is 261 Å². The third-order valence-electron chi connectivity index (χ3n) is 8.89. The molecule has 4 aliphatic heterocycles. The molecular weight excluding hydrogens is 606 g/mol. The van der Waals surface area contributed by atoms with Crippen molar-refractivity contribution < 1.29 is 40.1 Å². The predicted molar refractivity (Wildman–Crippen MR) is 162 cm³/mol. The first kappa shape index (κ1) is 32.0. The summed E-state index contributed by atoms with van der Waals surface area (Å²) in [6.45, 7) is 2.95. The van der Waals surface area contributed by atoms with Crippen molar-refractivity contribution in [3.05, 3.63) is 45.9 Å². The molecule has 8 heterocycles. The molecule has 248 valence electrons. The van der Waals surface area contributed by atoms with Gasteiger partial charge in [-0.15, -0.1) is 0 Å². The zero-order valence-electron chi connectivity index (χ0n) is 24.2. The fraction of sp³-hybridized carbons (Fsp3) is 0.536. The van der Waals surface area contributed by atoms with Crippen molar-refractivity contribution in [1.82, 2.24) is 29.2 Å². The van der Waals surface area contributed by atoms with Crippen molar-refractivity contribution >= 4 is 34.5 Å². The fourth-order valence-corrected chi connectivity index (χ4v) is 6.54. The molecule has 2 fully saturated rings. The Kier molecular flexibility index (Phi) is 7.88. The molecule has 8 rings (SSSR count). The Hall–Kier alpha value is -4.01. The van der Waals surface area contributed by atoms with Gasteiger partial charge in [0.25, 0.3) is 0 Å². The number of nitrogens with one attached hydrogen (secondary N) is 3. The van der Waals surface area contributed by atoms with Gasteiger partial charge in [0.05, 0.1) is 30.1 Å². The number of aliphatic hydroxyl groups is 6. The van der Waals surface area contributed by atoms with Crippen LogP contribution in [0.1, 0.15) is 50.4 Å². The van der Waals surface area contributed by atoms with E-state index in [0.29, 0.717) is 22.4 Å². The number of aliphatic hydroxyl groups excluding tert-OH is 4. The van der Waals surface area contributed by atoms with Crippen LogP contribution in [-0.2, 0) is 15.9 Å². The third-order valence-corrected chi connectivity index (χ3v) is 8.89. The Bertz CT molecular complexity index is 1870. The third kappa shape index (κ3) is 4.68. The molecule has 0 radical (unpaired) electrons. The summed E-state index contributed by atoms with van der Waals surface area (Å²) in [5, 5.41) is 67.6. The molecule has 0 saturated carbocycles. The number of hydrogen-bond donors (Lipinski definition) is 9. The van der Waals surface area contributed by atoms with Crippen LogP contribution >= 0.6 is 0 Å². The molecule has 18 heteroatoms. The molecule has 8 atom stereocenters. The fourth-order valence-electron chi connectivity index (χ4n) is 6.54. The minimum absolute atomic E-state index is 0. The van der Waals surface area contributed by atoms with Gasteiger partial charge in [-0.05, 0) is 38.0 Å². The van der Waals surface area contributed by atoms with Crippen molar-refractivity contribution in [3.63, 3.8) is 0 Å². The van der Waals surface area contributed by atoms with Crippen molar-refractivity contribution in [2.45, 2.75) is 75.5 Å². The number of H-pyrrole nitrogens is 1. The largest absolute Gasteiger partial charge is 0.394 e. The lowest BCUT2D eigenvalue weighted by atomic mass is 9.91. The van der Waals surface area contributed by atoms with E-state index in [4.69, 9.17) is 9.47 Å². The molecule has 4 aromatic heterocycles. The van der Waals surface area contributed by atoms with E-state index in [2.05, 4.69) is 35.8 Å². The van der Waals surface area contributed by atoms with E-state index in [1.54, 1.807) is 15.3 Å². The van der Waals surface area contributed by atoms with Crippen LogP contribution in [0.5, 0.6) is 0 Å². The standard InChI is InChI=1S/C14H18N4O4.C13H15N5O5.CH4/c1-14(21)11(20)9(5-19)22-12(14)8-4-7-2-3-15-13-10(7)18(8)17-6-16-13;1-13(22)9(20)7(3-19)23-10(13)6-2-5-8-11(17-12(21)16-5)14-4-15-18(6)8;/h4,6,9,11-12,19-21H,2-3,5H2,1H3,(H,15,16,17);2,4,7,9-10,19-20,22H,3H2,1H3,(H2,14,15,16,17,21);1H4/t9-,11-,12+,14-;7-,9-,10+,13-;/m11./s1. The summed E-state index contributed by atoms with van der Waals surface area (Å²) < 4.78 is 14.6. The van der Waals surface area contributed by atoms with E-state index in [1.807, 2.05) is 6.07 Å². The summed E-state index contributed by atoms with van der Waals surface area (Å²) in [6.07, 6.45) is -2.21. The summed E-state index contributed by atoms with van der Waals surface area (Å²) in [7, 11) is 0. The molecule has 18 nitrogen and oxygen atoms in total. The van der Waals surface area contributed by atoms with Crippen molar-refractivity contribution in [2.75, 3.05) is 30.5 Å². The molecule has 9 N–H and O–H groups in total. The molecule has 0 bridgehead atoms. The normalized spacial score (nSPS) is 32.5. The summed E-state index contributed by atoms with van der Waals surface area (Å²) in [5.41, 5.74) is 3.28. The highest BCUT2D eigenvalue weighted by molar-refractivity contribution is 5.91. The van der Waals surface area contributed by atoms with Crippen molar-refractivity contribution in [2.24, 2.45) is 4.99 Å². The first-order chi connectivity index (χ1) is 21.5. The molecule has 0 aliphatic carbocycles. The molecule has 4 aromatic rings.